The van der Waals surface area contributed by atoms with Crippen LogP contribution in [0.15, 0.2) is 34.9 Å². The highest BCUT2D eigenvalue weighted by Crippen LogP contribution is 2.32. The Morgan fingerprint density at radius 2 is 2.00 bits per heavy atom. The van der Waals surface area contributed by atoms with Crippen LogP contribution in [0.5, 0.6) is 11.5 Å². The van der Waals surface area contributed by atoms with Gasteiger partial charge in [0, 0.05) is 17.1 Å². The third-order valence-electron chi connectivity index (χ3n) is 3.29. The molecular formula is C15H14BrN3O4. The van der Waals surface area contributed by atoms with E-state index in [1.807, 2.05) is 18.2 Å². The molecule has 0 spiro atoms. The minimum atomic E-state index is -0.410. The monoisotopic (exact) mass is 379 g/mol. The second-order valence-corrected chi connectivity index (χ2v) is 5.84. The van der Waals surface area contributed by atoms with Crippen LogP contribution in [0.2, 0.25) is 0 Å². The van der Waals surface area contributed by atoms with Gasteiger partial charge in [-0.1, -0.05) is 6.07 Å². The van der Waals surface area contributed by atoms with Gasteiger partial charge in [0.15, 0.2) is 11.5 Å². The number of nitrogens with one attached hydrogen (secondary N) is 3. The van der Waals surface area contributed by atoms with Crippen LogP contribution in [0.3, 0.4) is 0 Å². The Morgan fingerprint density at radius 1 is 1.17 bits per heavy atom. The molecule has 0 atom stereocenters. The molecule has 3 N–H and O–H groups in total. The largest absolute Gasteiger partial charge is 0.454 e. The number of aryl methyl sites for hydroxylation is 1. The van der Waals surface area contributed by atoms with Gasteiger partial charge in [-0.15, -0.1) is 0 Å². The first kappa shape index (κ1) is 15.4. The van der Waals surface area contributed by atoms with Gasteiger partial charge in [0.2, 0.25) is 12.7 Å². The Labute approximate surface area is 140 Å². The summed E-state index contributed by atoms with van der Waals surface area (Å²) in [5.41, 5.74) is 6.05. The molecule has 2 heterocycles. The van der Waals surface area contributed by atoms with Crippen LogP contribution in [0.4, 0.5) is 0 Å². The molecule has 23 heavy (non-hydrogen) atoms. The zero-order valence-corrected chi connectivity index (χ0v) is 13.6. The summed E-state index contributed by atoms with van der Waals surface area (Å²) >= 11 is 3.23. The van der Waals surface area contributed by atoms with Crippen LogP contribution in [0.25, 0.3) is 0 Å². The van der Waals surface area contributed by atoms with Crippen molar-refractivity contribution in [3.8, 4) is 11.5 Å². The fraction of sp³-hybridized carbons (Fsp3) is 0.200. The van der Waals surface area contributed by atoms with Crippen molar-refractivity contribution in [2.75, 3.05) is 6.79 Å². The molecule has 0 unspecified atom stereocenters. The summed E-state index contributed by atoms with van der Waals surface area (Å²) in [6.07, 6.45) is 2.41. The predicted octanol–water partition coefficient (Wildman–Crippen LogP) is 1.90. The molecule has 0 saturated heterocycles. The van der Waals surface area contributed by atoms with Gasteiger partial charge < -0.3 is 14.5 Å². The lowest BCUT2D eigenvalue weighted by atomic mass is 10.1. The van der Waals surface area contributed by atoms with Gasteiger partial charge in [-0.3, -0.25) is 20.4 Å². The molecule has 1 aliphatic heterocycles. The van der Waals surface area contributed by atoms with Crippen molar-refractivity contribution in [3.63, 3.8) is 0 Å². The van der Waals surface area contributed by atoms with Gasteiger partial charge in [-0.05, 0) is 46.1 Å². The van der Waals surface area contributed by atoms with Gasteiger partial charge in [0.25, 0.3) is 5.91 Å². The number of aromatic nitrogens is 1. The number of fused-ring (bicyclic) bond motifs is 1. The van der Waals surface area contributed by atoms with Crippen molar-refractivity contribution in [1.82, 2.24) is 15.8 Å². The minimum absolute atomic E-state index is 0.222. The smallest absolute Gasteiger partial charge is 0.286 e. The average Bonchev–Trinajstić information content (AvgIpc) is 3.18. The van der Waals surface area contributed by atoms with Crippen molar-refractivity contribution >= 4 is 27.7 Å². The van der Waals surface area contributed by atoms with E-state index in [1.54, 1.807) is 12.3 Å². The molecule has 2 amide bonds. The number of hydrazine groups is 1. The molecule has 1 aromatic heterocycles. The fourth-order valence-corrected chi connectivity index (χ4v) is 2.45. The van der Waals surface area contributed by atoms with Crippen LogP contribution >= 0.6 is 15.9 Å². The van der Waals surface area contributed by atoms with E-state index in [2.05, 4.69) is 31.8 Å². The van der Waals surface area contributed by atoms with E-state index in [0.717, 1.165) is 10.0 Å². The lowest BCUT2D eigenvalue weighted by molar-refractivity contribution is -0.121. The normalized spacial score (nSPS) is 12.0. The second kappa shape index (κ2) is 6.74. The number of halogens is 1. The highest BCUT2D eigenvalue weighted by atomic mass is 79.9. The third kappa shape index (κ3) is 3.84. The van der Waals surface area contributed by atoms with Crippen molar-refractivity contribution in [3.05, 3.63) is 46.2 Å². The molecule has 7 nitrogen and oxygen atoms in total. The van der Waals surface area contributed by atoms with E-state index < -0.39 is 5.91 Å². The number of benzene rings is 1. The maximum atomic E-state index is 11.8. The minimum Gasteiger partial charge on any atom is -0.454 e. The summed E-state index contributed by atoms with van der Waals surface area (Å²) in [5, 5.41) is 0. The van der Waals surface area contributed by atoms with Gasteiger partial charge in [-0.2, -0.15) is 0 Å². The van der Waals surface area contributed by atoms with Crippen LogP contribution in [0, 0.1) is 0 Å². The first-order chi connectivity index (χ1) is 11.1. The fourth-order valence-electron chi connectivity index (χ4n) is 2.11. The Balaban J connectivity index is 1.45. The van der Waals surface area contributed by atoms with E-state index >= 15 is 0 Å². The summed E-state index contributed by atoms with van der Waals surface area (Å²) < 4.78 is 11.3. The van der Waals surface area contributed by atoms with Gasteiger partial charge in [-0.25, -0.2) is 0 Å². The van der Waals surface area contributed by atoms with E-state index in [9.17, 15) is 9.59 Å². The number of hydrogen-bond acceptors (Lipinski definition) is 4. The average molecular weight is 380 g/mol. The number of hydrogen-bond donors (Lipinski definition) is 3. The Morgan fingerprint density at radius 3 is 2.78 bits per heavy atom. The van der Waals surface area contributed by atoms with E-state index in [-0.39, 0.29) is 19.1 Å². The topological polar surface area (TPSA) is 92.4 Å². The Bertz CT molecular complexity index is 744. The van der Waals surface area contributed by atoms with Crippen LogP contribution < -0.4 is 20.3 Å². The number of amides is 2. The summed E-state index contributed by atoms with van der Waals surface area (Å²) in [6.45, 7) is 0.222. The Hall–Kier alpha value is -2.48. The molecule has 3 rings (SSSR count). The number of carbonyl (C=O) groups excluding carboxylic acids is 2. The molecule has 1 aromatic carbocycles. The number of ether oxygens (including phenoxy) is 2. The van der Waals surface area contributed by atoms with Crippen molar-refractivity contribution < 1.29 is 19.1 Å². The summed E-state index contributed by atoms with van der Waals surface area (Å²) in [6, 6.07) is 7.18. The molecule has 0 radical (unpaired) electrons. The molecule has 0 saturated carbocycles. The quantitative estimate of drug-likeness (QED) is 0.707. The molecule has 0 fully saturated rings. The summed E-state index contributed by atoms with van der Waals surface area (Å²) in [4.78, 5) is 26.3. The second-order valence-electron chi connectivity index (χ2n) is 4.92. The van der Waals surface area contributed by atoms with Crippen molar-refractivity contribution in [2.45, 2.75) is 12.8 Å². The van der Waals surface area contributed by atoms with E-state index in [1.165, 1.54) is 0 Å². The van der Waals surface area contributed by atoms with Crippen LogP contribution in [0.1, 0.15) is 22.5 Å². The molecule has 0 aliphatic carbocycles. The zero-order valence-electron chi connectivity index (χ0n) is 12.0. The highest BCUT2D eigenvalue weighted by Gasteiger charge is 2.14. The number of H-pyrrole nitrogens is 1. The van der Waals surface area contributed by atoms with Gasteiger partial charge >= 0.3 is 0 Å². The van der Waals surface area contributed by atoms with E-state index in [0.29, 0.717) is 23.6 Å². The maximum Gasteiger partial charge on any atom is 0.286 e. The predicted molar refractivity (Wildman–Crippen MR) is 85.0 cm³/mol. The molecule has 8 heteroatoms. The van der Waals surface area contributed by atoms with Gasteiger partial charge in [0.05, 0.1) is 0 Å². The highest BCUT2D eigenvalue weighted by molar-refractivity contribution is 9.10. The van der Waals surface area contributed by atoms with Crippen molar-refractivity contribution in [2.24, 2.45) is 0 Å². The molecule has 120 valence electrons. The molecule has 2 aromatic rings. The zero-order chi connectivity index (χ0) is 16.2. The lowest BCUT2D eigenvalue weighted by Crippen LogP contribution is -2.41. The number of aromatic amines is 1. The number of carbonyl (C=O) groups is 2. The lowest BCUT2D eigenvalue weighted by Gasteiger charge is -2.07. The summed E-state index contributed by atoms with van der Waals surface area (Å²) in [5.74, 6) is 0.713. The summed E-state index contributed by atoms with van der Waals surface area (Å²) in [7, 11) is 0. The van der Waals surface area contributed by atoms with Gasteiger partial charge in [0.1, 0.15) is 5.69 Å². The molecule has 1 aliphatic rings. The first-order valence-electron chi connectivity index (χ1n) is 6.93. The third-order valence-corrected chi connectivity index (χ3v) is 3.74. The Kier molecular flexibility index (Phi) is 4.52. The van der Waals surface area contributed by atoms with E-state index in [4.69, 9.17) is 9.47 Å². The SMILES string of the molecule is O=C(CCc1ccc2c(c1)OCO2)NNC(=O)c1cc(Br)c[nH]1. The molecule has 0 bridgehead atoms. The standard InChI is InChI=1S/C15H14BrN3O4/c16-10-6-11(17-7-10)15(21)19-18-14(20)4-2-9-1-3-12-13(5-9)23-8-22-12/h1,3,5-7,17H,2,4,8H2,(H,18,20)(H,19,21). The maximum absolute atomic E-state index is 11.8. The number of rotatable bonds is 4. The van der Waals surface area contributed by atoms with Crippen LogP contribution in [-0.4, -0.2) is 23.6 Å². The first-order valence-corrected chi connectivity index (χ1v) is 7.73. The molecular weight excluding hydrogens is 366 g/mol. The van der Waals surface area contributed by atoms with Crippen molar-refractivity contribution in [1.29, 1.82) is 0 Å². The van der Waals surface area contributed by atoms with Crippen LogP contribution in [-0.2, 0) is 11.2 Å².